The summed E-state index contributed by atoms with van der Waals surface area (Å²) < 4.78 is 0. The highest BCUT2D eigenvalue weighted by Gasteiger charge is 2.34. The first-order valence-electron chi connectivity index (χ1n) is 10.1. The summed E-state index contributed by atoms with van der Waals surface area (Å²) in [7, 11) is 3.49. The number of hydrogen-bond donors (Lipinski definition) is 0. The van der Waals surface area contributed by atoms with E-state index in [2.05, 4.69) is 15.0 Å². The molecule has 1 aromatic carbocycles. The molecule has 1 saturated heterocycles. The molecule has 1 atom stereocenters. The average molecular weight is 432 g/mol. The van der Waals surface area contributed by atoms with Gasteiger partial charge in [-0.25, -0.2) is 4.98 Å². The normalized spacial score (nSPS) is 16.2. The van der Waals surface area contributed by atoms with Gasteiger partial charge in [0, 0.05) is 62.6 Å². The zero-order valence-corrected chi connectivity index (χ0v) is 18.1. The molecule has 4 aromatic rings. The van der Waals surface area contributed by atoms with Crippen LogP contribution in [0.1, 0.15) is 38.1 Å². The molecule has 3 aromatic heterocycles. The fourth-order valence-electron chi connectivity index (χ4n) is 4.20. The Hall–Kier alpha value is -3.39. The standard InChI is InChI=1S/C23H21N5O2S/c1-27(2)23(30)20-17(19-21(31-20)26-11-10-25-19)15-8-12-28(13-15)22(29)18-16-6-4-3-5-14(16)7-9-24-18/h3-7,9-11,15H,8,12-13H2,1-2H3. The summed E-state index contributed by atoms with van der Waals surface area (Å²) >= 11 is 1.37. The maximum absolute atomic E-state index is 13.3. The van der Waals surface area contributed by atoms with Gasteiger partial charge in [0.15, 0.2) is 0 Å². The summed E-state index contributed by atoms with van der Waals surface area (Å²) in [5.74, 6) is -0.103. The van der Waals surface area contributed by atoms with Crippen LogP contribution in [0.15, 0.2) is 48.9 Å². The monoisotopic (exact) mass is 431 g/mol. The third-order valence-electron chi connectivity index (χ3n) is 5.72. The molecule has 4 heterocycles. The maximum atomic E-state index is 13.3. The molecular formula is C23H21N5O2S. The zero-order valence-electron chi connectivity index (χ0n) is 17.3. The molecule has 0 bridgehead atoms. The maximum Gasteiger partial charge on any atom is 0.273 e. The largest absolute Gasteiger partial charge is 0.344 e. The number of carbonyl (C=O) groups is 2. The Morgan fingerprint density at radius 3 is 2.71 bits per heavy atom. The number of fused-ring (bicyclic) bond motifs is 2. The lowest BCUT2D eigenvalue weighted by Crippen LogP contribution is -2.29. The van der Waals surface area contributed by atoms with Crippen LogP contribution in [0.25, 0.3) is 21.1 Å². The van der Waals surface area contributed by atoms with Gasteiger partial charge in [0.05, 0.1) is 4.88 Å². The molecular weight excluding hydrogens is 410 g/mol. The lowest BCUT2D eigenvalue weighted by atomic mass is 9.97. The molecule has 31 heavy (non-hydrogen) atoms. The molecule has 0 saturated carbocycles. The lowest BCUT2D eigenvalue weighted by Gasteiger charge is -2.18. The first-order chi connectivity index (χ1) is 15.0. The number of rotatable bonds is 3. The SMILES string of the molecule is CN(C)C(=O)c1sc2nccnc2c1C1CCN(C(=O)c2nccc3ccccc23)C1. The summed E-state index contributed by atoms with van der Waals surface area (Å²) in [6.45, 7) is 1.14. The van der Waals surface area contributed by atoms with Gasteiger partial charge >= 0.3 is 0 Å². The van der Waals surface area contributed by atoms with E-state index in [9.17, 15) is 9.59 Å². The highest BCUT2D eigenvalue weighted by atomic mass is 32.1. The second-order valence-electron chi connectivity index (χ2n) is 7.87. The van der Waals surface area contributed by atoms with Crippen LogP contribution in [0.4, 0.5) is 0 Å². The van der Waals surface area contributed by atoms with Crippen molar-refractivity contribution in [1.29, 1.82) is 0 Å². The molecule has 0 radical (unpaired) electrons. The van der Waals surface area contributed by atoms with Gasteiger partial charge < -0.3 is 9.80 Å². The molecule has 156 valence electrons. The summed E-state index contributed by atoms with van der Waals surface area (Å²) in [4.78, 5) is 44.3. The van der Waals surface area contributed by atoms with Gasteiger partial charge in [0.1, 0.15) is 16.0 Å². The van der Waals surface area contributed by atoms with Gasteiger partial charge in [-0.3, -0.25) is 19.6 Å². The van der Waals surface area contributed by atoms with Crippen LogP contribution in [0, 0.1) is 0 Å². The number of amides is 2. The van der Waals surface area contributed by atoms with Crippen molar-refractivity contribution in [3.8, 4) is 0 Å². The van der Waals surface area contributed by atoms with E-state index in [1.54, 1.807) is 37.6 Å². The minimum Gasteiger partial charge on any atom is -0.344 e. The molecule has 2 amide bonds. The van der Waals surface area contributed by atoms with Gasteiger partial charge in [-0.1, -0.05) is 24.3 Å². The van der Waals surface area contributed by atoms with E-state index in [4.69, 9.17) is 0 Å². The second-order valence-corrected chi connectivity index (χ2v) is 8.87. The number of pyridine rings is 1. The van der Waals surface area contributed by atoms with E-state index in [0.29, 0.717) is 23.7 Å². The molecule has 1 unspecified atom stereocenters. The average Bonchev–Trinajstić information content (AvgIpc) is 3.42. The third-order valence-corrected chi connectivity index (χ3v) is 6.81. The van der Waals surface area contributed by atoms with E-state index < -0.39 is 0 Å². The second kappa shape index (κ2) is 7.70. The van der Waals surface area contributed by atoms with Crippen molar-refractivity contribution in [2.75, 3.05) is 27.2 Å². The van der Waals surface area contributed by atoms with Crippen molar-refractivity contribution in [2.24, 2.45) is 0 Å². The summed E-state index contributed by atoms with van der Waals surface area (Å²) in [6.07, 6.45) is 5.75. The fourth-order valence-corrected chi connectivity index (χ4v) is 5.41. The molecule has 5 rings (SSSR count). The number of aromatic nitrogens is 3. The van der Waals surface area contributed by atoms with Crippen molar-refractivity contribution in [2.45, 2.75) is 12.3 Å². The number of likely N-dealkylation sites (tertiary alicyclic amines) is 1. The van der Waals surface area contributed by atoms with Crippen LogP contribution in [0.3, 0.4) is 0 Å². The first-order valence-corrected chi connectivity index (χ1v) is 10.9. The number of benzene rings is 1. The Bertz CT molecular complexity index is 1310. The Balaban J connectivity index is 1.50. The van der Waals surface area contributed by atoms with Crippen LogP contribution >= 0.6 is 11.3 Å². The molecule has 7 nitrogen and oxygen atoms in total. The molecule has 0 spiro atoms. The van der Waals surface area contributed by atoms with E-state index in [-0.39, 0.29) is 17.7 Å². The number of hydrogen-bond acceptors (Lipinski definition) is 6. The van der Waals surface area contributed by atoms with Gasteiger partial charge in [-0.2, -0.15) is 0 Å². The van der Waals surface area contributed by atoms with Crippen molar-refractivity contribution in [1.82, 2.24) is 24.8 Å². The molecule has 8 heteroatoms. The topological polar surface area (TPSA) is 79.3 Å². The van der Waals surface area contributed by atoms with Gasteiger partial charge in [0.25, 0.3) is 11.8 Å². The predicted octanol–water partition coefficient (Wildman–Crippen LogP) is 3.57. The minimum absolute atomic E-state index is 0.0308. The highest BCUT2D eigenvalue weighted by Crippen LogP contribution is 2.39. The van der Waals surface area contributed by atoms with E-state index in [1.807, 2.05) is 35.2 Å². The zero-order chi connectivity index (χ0) is 21.5. The molecule has 0 N–H and O–H groups in total. The van der Waals surface area contributed by atoms with Crippen LogP contribution in [0.5, 0.6) is 0 Å². The van der Waals surface area contributed by atoms with Crippen molar-refractivity contribution < 1.29 is 9.59 Å². The third kappa shape index (κ3) is 3.33. The minimum atomic E-state index is -0.0783. The predicted molar refractivity (Wildman–Crippen MR) is 120 cm³/mol. The molecule has 1 aliphatic rings. The van der Waals surface area contributed by atoms with Crippen molar-refractivity contribution >= 4 is 44.3 Å². The smallest absolute Gasteiger partial charge is 0.273 e. The Morgan fingerprint density at radius 1 is 1.06 bits per heavy atom. The van der Waals surface area contributed by atoms with E-state index >= 15 is 0 Å². The number of carbonyl (C=O) groups excluding carboxylic acids is 2. The Labute approximate surface area is 183 Å². The van der Waals surface area contributed by atoms with Gasteiger partial charge in [-0.05, 0) is 17.9 Å². The summed E-state index contributed by atoms with van der Waals surface area (Å²) in [5, 5.41) is 1.85. The number of thiophene rings is 1. The van der Waals surface area contributed by atoms with Crippen LogP contribution < -0.4 is 0 Å². The summed E-state index contributed by atoms with van der Waals surface area (Å²) in [5.41, 5.74) is 2.14. The fraction of sp³-hybridized carbons (Fsp3) is 0.261. The van der Waals surface area contributed by atoms with Gasteiger partial charge in [0.2, 0.25) is 0 Å². The van der Waals surface area contributed by atoms with E-state index in [1.165, 1.54) is 11.3 Å². The van der Waals surface area contributed by atoms with Crippen molar-refractivity contribution in [3.63, 3.8) is 0 Å². The lowest BCUT2D eigenvalue weighted by molar-refractivity contribution is 0.0787. The highest BCUT2D eigenvalue weighted by molar-refractivity contribution is 7.20. The van der Waals surface area contributed by atoms with Crippen LogP contribution in [-0.2, 0) is 0 Å². The van der Waals surface area contributed by atoms with Crippen LogP contribution in [-0.4, -0.2) is 63.8 Å². The molecule has 1 fully saturated rings. The quantitative estimate of drug-likeness (QED) is 0.495. The number of nitrogens with zero attached hydrogens (tertiary/aromatic N) is 5. The van der Waals surface area contributed by atoms with Crippen molar-refractivity contribution in [3.05, 3.63) is 65.1 Å². The molecule has 1 aliphatic heterocycles. The first kappa shape index (κ1) is 19.6. The van der Waals surface area contributed by atoms with E-state index in [0.717, 1.165) is 33.1 Å². The Morgan fingerprint density at radius 2 is 1.87 bits per heavy atom. The Kier molecular flexibility index (Phi) is 4.86. The molecule has 0 aliphatic carbocycles. The summed E-state index contributed by atoms with van der Waals surface area (Å²) in [6, 6.07) is 9.69. The van der Waals surface area contributed by atoms with Gasteiger partial charge in [-0.15, -0.1) is 11.3 Å². The van der Waals surface area contributed by atoms with Crippen LogP contribution in [0.2, 0.25) is 0 Å².